The van der Waals surface area contributed by atoms with Crippen LogP contribution in [0.5, 0.6) is 0 Å². The molecule has 2 N–H and O–H groups in total. The van der Waals surface area contributed by atoms with Crippen LogP contribution in [-0.2, 0) is 11.3 Å². The summed E-state index contributed by atoms with van der Waals surface area (Å²) in [6, 6.07) is 14.1. The van der Waals surface area contributed by atoms with Crippen LogP contribution in [0.4, 0.5) is 5.69 Å². The topological polar surface area (TPSA) is 68.3 Å². The second-order valence-electron chi connectivity index (χ2n) is 6.00. The van der Waals surface area contributed by atoms with Crippen LogP contribution in [0.3, 0.4) is 0 Å². The van der Waals surface area contributed by atoms with Gasteiger partial charge in [-0.3, -0.25) is 9.59 Å². The number of pyridine rings is 1. The number of nitrogens with zero attached hydrogens (tertiary/aromatic N) is 2. The highest BCUT2D eigenvalue weighted by molar-refractivity contribution is 5.73. The molecule has 5 nitrogen and oxygen atoms in total. The van der Waals surface area contributed by atoms with E-state index in [0.29, 0.717) is 25.3 Å². The summed E-state index contributed by atoms with van der Waals surface area (Å²) in [5, 5.41) is 0. The molecule has 120 valence electrons. The van der Waals surface area contributed by atoms with Gasteiger partial charge in [0.15, 0.2) is 0 Å². The number of primary amides is 1. The minimum atomic E-state index is -0.331. The summed E-state index contributed by atoms with van der Waals surface area (Å²) < 4.78 is 1.63. The fourth-order valence-electron chi connectivity index (χ4n) is 2.93. The fraction of sp³-hybridized carbons (Fsp3) is 0.333. The molecule has 5 heteroatoms. The number of aromatic nitrogens is 1. The number of nitrogens with two attached hydrogens (primary N) is 1. The van der Waals surface area contributed by atoms with E-state index in [9.17, 15) is 9.59 Å². The highest BCUT2D eigenvalue weighted by Gasteiger charge is 2.28. The molecule has 0 bridgehead atoms. The zero-order chi connectivity index (χ0) is 16.2. The number of rotatable bonds is 6. The lowest BCUT2D eigenvalue weighted by Gasteiger charge is -2.41. The highest BCUT2D eigenvalue weighted by Crippen LogP contribution is 2.30. The molecule has 3 rings (SSSR count). The summed E-state index contributed by atoms with van der Waals surface area (Å²) >= 11 is 0. The second kappa shape index (κ2) is 6.69. The number of carbonyl (C=O) groups excluding carboxylic acids is 1. The Bertz CT molecular complexity index is 733. The maximum absolute atomic E-state index is 12.1. The molecule has 1 aliphatic heterocycles. The second-order valence-corrected chi connectivity index (χ2v) is 6.00. The lowest BCUT2D eigenvalue weighted by atomic mass is 9.91. The van der Waals surface area contributed by atoms with Gasteiger partial charge in [0, 0.05) is 49.9 Å². The zero-order valence-corrected chi connectivity index (χ0v) is 13.0. The van der Waals surface area contributed by atoms with Gasteiger partial charge in [-0.05, 0) is 18.1 Å². The number of anilines is 1. The SMILES string of the molecule is NC(=O)CCCn1ccc(N2CC(c3ccccc3)C2)cc1=O. The Morgan fingerprint density at radius 1 is 1.17 bits per heavy atom. The molecule has 1 aromatic carbocycles. The van der Waals surface area contributed by atoms with Crippen molar-refractivity contribution in [2.75, 3.05) is 18.0 Å². The maximum Gasteiger partial charge on any atom is 0.252 e. The fourth-order valence-corrected chi connectivity index (χ4v) is 2.93. The van der Waals surface area contributed by atoms with Crippen molar-refractivity contribution >= 4 is 11.6 Å². The van der Waals surface area contributed by atoms with E-state index in [1.807, 2.05) is 12.1 Å². The maximum atomic E-state index is 12.1. The molecule has 1 saturated heterocycles. The van der Waals surface area contributed by atoms with Crippen molar-refractivity contribution < 1.29 is 4.79 Å². The number of carbonyl (C=O) groups is 1. The molecule has 1 aliphatic rings. The summed E-state index contributed by atoms with van der Waals surface area (Å²) in [7, 11) is 0. The van der Waals surface area contributed by atoms with Crippen LogP contribution < -0.4 is 16.2 Å². The first-order valence-corrected chi connectivity index (χ1v) is 7.92. The summed E-state index contributed by atoms with van der Waals surface area (Å²) in [5.41, 5.74) is 7.40. The third-order valence-corrected chi connectivity index (χ3v) is 4.32. The van der Waals surface area contributed by atoms with E-state index >= 15 is 0 Å². The molecule has 0 spiro atoms. The molecule has 0 radical (unpaired) electrons. The molecule has 2 aromatic rings. The first-order valence-electron chi connectivity index (χ1n) is 7.92. The number of hydrogen-bond donors (Lipinski definition) is 1. The molecule has 0 unspecified atom stereocenters. The van der Waals surface area contributed by atoms with E-state index in [1.54, 1.807) is 16.8 Å². The summed E-state index contributed by atoms with van der Waals surface area (Å²) in [5.74, 6) is 0.205. The van der Waals surface area contributed by atoms with E-state index in [2.05, 4.69) is 29.2 Å². The van der Waals surface area contributed by atoms with Crippen LogP contribution in [0.1, 0.15) is 24.3 Å². The van der Waals surface area contributed by atoms with E-state index in [4.69, 9.17) is 5.73 Å². The van der Waals surface area contributed by atoms with Crippen molar-refractivity contribution in [3.63, 3.8) is 0 Å². The Morgan fingerprint density at radius 2 is 1.91 bits per heavy atom. The Kier molecular flexibility index (Phi) is 4.46. The summed E-state index contributed by atoms with van der Waals surface area (Å²) in [4.78, 5) is 25.1. The predicted octanol–water partition coefficient (Wildman–Crippen LogP) is 1.72. The molecule has 0 aliphatic carbocycles. The molecule has 1 aromatic heterocycles. The Morgan fingerprint density at radius 3 is 2.57 bits per heavy atom. The smallest absolute Gasteiger partial charge is 0.252 e. The van der Waals surface area contributed by atoms with Gasteiger partial charge in [-0.2, -0.15) is 0 Å². The number of aryl methyl sites for hydroxylation is 1. The van der Waals surface area contributed by atoms with Gasteiger partial charge in [0.25, 0.3) is 5.56 Å². The van der Waals surface area contributed by atoms with Gasteiger partial charge < -0.3 is 15.2 Å². The average molecular weight is 311 g/mol. The Balaban J connectivity index is 1.59. The van der Waals surface area contributed by atoms with Crippen molar-refractivity contribution in [2.24, 2.45) is 5.73 Å². The highest BCUT2D eigenvalue weighted by atomic mass is 16.1. The van der Waals surface area contributed by atoms with E-state index in [0.717, 1.165) is 18.8 Å². The van der Waals surface area contributed by atoms with Gasteiger partial charge in [-0.1, -0.05) is 30.3 Å². The summed E-state index contributed by atoms with van der Waals surface area (Å²) in [6.45, 7) is 2.40. The van der Waals surface area contributed by atoms with Crippen molar-refractivity contribution in [1.29, 1.82) is 0 Å². The van der Waals surface area contributed by atoms with Crippen LogP contribution in [0.25, 0.3) is 0 Å². The standard InChI is InChI=1S/C18H21N3O2/c19-17(22)7-4-9-20-10-8-16(11-18(20)23)21-12-15(13-21)14-5-2-1-3-6-14/h1-3,5-6,8,10-11,15H,4,7,9,12-13H2,(H2,19,22). The Labute approximate surface area is 135 Å². The molecule has 2 heterocycles. The number of benzene rings is 1. The van der Waals surface area contributed by atoms with Crippen LogP contribution >= 0.6 is 0 Å². The van der Waals surface area contributed by atoms with Crippen molar-refractivity contribution in [1.82, 2.24) is 4.57 Å². The lowest BCUT2D eigenvalue weighted by Crippen LogP contribution is -2.45. The first-order chi connectivity index (χ1) is 11.1. The third-order valence-electron chi connectivity index (χ3n) is 4.32. The first kappa shape index (κ1) is 15.3. The molecule has 0 atom stereocenters. The molecule has 1 amide bonds. The van der Waals surface area contributed by atoms with Crippen LogP contribution in [0.2, 0.25) is 0 Å². The van der Waals surface area contributed by atoms with Gasteiger partial charge in [0.05, 0.1) is 0 Å². The van der Waals surface area contributed by atoms with E-state index < -0.39 is 0 Å². The van der Waals surface area contributed by atoms with E-state index in [1.165, 1.54) is 5.56 Å². The third kappa shape index (κ3) is 3.62. The predicted molar refractivity (Wildman–Crippen MR) is 90.5 cm³/mol. The molecular weight excluding hydrogens is 290 g/mol. The van der Waals surface area contributed by atoms with Gasteiger partial charge in [0.2, 0.25) is 5.91 Å². The van der Waals surface area contributed by atoms with Crippen LogP contribution in [0.15, 0.2) is 53.5 Å². The van der Waals surface area contributed by atoms with Gasteiger partial charge in [0.1, 0.15) is 0 Å². The molecular formula is C18H21N3O2. The molecule has 0 saturated carbocycles. The van der Waals surface area contributed by atoms with E-state index in [-0.39, 0.29) is 11.5 Å². The minimum absolute atomic E-state index is 0.0323. The monoisotopic (exact) mass is 311 g/mol. The number of hydrogen-bond acceptors (Lipinski definition) is 3. The van der Waals surface area contributed by atoms with Crippen molar-refractivity contribution in [2.45, 2.75) is 25.3 Å². The van der Waals surface area contributed by atoms with Crippen LogP contribution in [0, 0.1) is 0 Å². The van der Waals surface area contributed by atoms with Gasteiger partial charge >= 0.3 is 0 Å². The molecule has 23 heavy (non-hydrogen) atoms. The largest absolute Gasteiger partial charge is 0.370 e. The van der Waals surface area contributed by atoms with Crippen molar-refractivity contribution in [3.8, 4) is 0 Å². The normalized spacial score (nSPS) is 14.5. The zero-order valence-electron chi connectivity index (χ0n) is 13.0. The molecule has 1 fully saturated rings. The van der Waals surface area contributed by atoms with Crippen molar-refractivity contribution in [3.05, 3.63) is 64.6 Å². The minimum Gasteiger partial charge on any atom is -0.370 e. The van der Waals surface area contributed by atoms with Gasteiger partial charge in [-0.15, -0.1) is 0 Å². The Hall–Kier alpha value is -2.56. The number of amides is 1. The summed E-state index contributed by atoms with van der Waals surface area (Å²) in [6.07, 6.45) is 2.70. The lowest BCUT2D eigenvalue weighted by molar-refractivity contribution is -0.118. The quantitative estimate of drug-likeness (QED) is 0.883. The van der Waals surface area contributed by atoms with Crippen LogP contribution in [-0.4, -0.2) is 23.6 Å². The van der Waals surface area contributed by atoms with Gasteiger partial charge in [-0.25, -0.2) is 0 Å². The average Bonchev–Trinajstić information content (AvgIpc) is 2.49.